The fraction of sp³-hybridized carbons (Fsp3) is 0.133. The number of rotatable bonds is 4. The summed E-state index contributed by atoms with van der Waals surface area (Å²) in [6.07, 6.45) is 0. The second kappa shape index (κ2) is 7.72. The summed E-state index contributed by atoms with van der Waals surface area (Å²) >= 11 is 0. The maximum absolute atomic E-state index is 12.3. The van der Waals surface area contributed by atoms with E-state index in [0.29, 0.717) is 5.69 Å². The Balaban J connectivity index is 0.00000242. The number of sulfonamides is 1. The summed E-state index contributed by atoms with van der Waals surface area (Å²) in [4.78, 5) is 10.7. The molecule has 0 unspecified atom stereocenters. The molecule has 0 saturated heterocycles. The average molecular weight is 343 g/mol. The van der Waals surface area contributed by atoms with E-state index in [-0.39, 0.29) is 61.8 Å². The molecule has 0 aliphatic heterocycles. The predicted molar refractivity (Wildman–Crippen MR) is 77.5 cm³/mol. The van der Waals surface area contributed by atoms with Crippen molar-refractivity contribution in [2.45, 2.75) is 18.7 Å². The van der Waals surface area contributed by atoms with Crippen molar-refractivity contribution in [3.8, 4) is 0 Å². The fourth-order valence-corrected chi connectivity index (χ4v) is 3.10. The van der Waals surface area contributed by atoms with Crippen LogP contribution in [0.4, 0.5) is 5.69 Å². The first-order valence-electron chi connectivity index (χ1n) is 6.21. The Morgan fingerprint density at radius 3 is 2.36 bits per heavy atom. The molecular weight excluding hydrogens is 329 g/mol. The van der Waals surface area contributed by atoms with Crippen molar-refractivity contribution in [1.29, 1.82) is 0 Å². The van der Waals surface area contributed by atoms with Gasteiger partial charge in [0.15, 0.2) is 0 Å². The minimum Gasteiger partial charge on any atom is -0.545 e. The smallest absolute Gasteiger partial charge is 0.545 e. The van der Waals surface area contributed by atoms with Crippen LogP contribution in [0.25, 0.3) is 0 Å². The van der Waals surface area contributed by atoms with Crippen molar-refractivity contribution < 1.29 is 69.7 Å². The second-order valence-corrected chi connectivity index (χ2v) is 6.42. The first kappa shape index (κ1) is 19.3. The van der Waals surface area contributed by atoms with Crippen LogP contribution in [0, 0.1) is 13.8 Å². The second-order valence-electron chi connectivity index (χ2n) is 4.74. The van der Waals surface area contributed by atoms with E-state index in [1.54, 1.807) is 19.1 Å². The number of aryl methyl sites for hydroxylation is 2. The van der Waals surface area contributed by atoms with Crippen molar-refractivity contribution in [1.82, 2.24) is 0 Å². The number of nitrogens with one attached hydrogen (secondary N) is 1. The van der Waals surface area contributed by atoms with E-state index in [0.717, 1.165) is 17.2 Å². The third-order valence-corrected chi connectivity index (χ3v) is 4.37. The molecule has 0 radical (unpaired) electrons. The first-order valence-corrected chi connectivity index (χ1v) is 7.69. The zero-order valence-corrected chi connectivity index (χ0v) is 16.5. The van der Waals surface area contributed by atoms with Crippen LogP contribution in [0.15, 0.2) is 47.4 Å². The largest absolute Gasteiger partial charge is 1.00 e. The number of carboxylic acid groups (broad SMARTS) is 1. The maximum Gasteiger partial charge on any atom is 1.00 e. The van der Waals surface area contributed by atoms with Gasteiger partial charge in [-0.15, -0.1) is 0 Å². The van der Waals surface area contributed by atoms with Crippen molar-refractivity contribution in [2.24, 2.45) is 0 Å². The molecule has 110 valence electrons. The van der Waals surface area contributed by atoms with Crippen molar-refractivity contribution in [3.63, 3.8) is 0 Å². The molecule has 0 aliphatic carbocycles. The zero-order chi connectivity index (χ0) is 15.6. The van der Waals surface area contributed by atoms with Gasteiger partial charge < -0.3 is 9.90 Å². The molecule has 0 aliphatic rings. The summed E-state index contributed by atoms with van der Waals surface area (Å²) in [5.74, 6) is -1.42. The van der Waals surface area contributed by atoms with Crippen molar-refractivity contribution >= 4 is 21.7 Å². The van der Waals surface area contributed by atoms with Gasteiger partial charge in [-0.3, -0.25) is 4.72 Å². The Hall–Kier alpha value is -0.704. The number of anilines is 1. The molecule has 0 heterocycles. The van der Waals surface area contributed by atoms with Crippen LogP contribution in [0.2, 0.25) is 0 Å². The Morgan fingerprint density at radius 2 is 1.77 bits per heavy atom. The quantitative estimate of drug-likeness (QED) is 0.683. The van der Waals surface area contributed by atoms with Gasteiger partial charge in [0.05, 0.1) is 16.6 Å². The first-order chi connectivity index (χ1) is 9.79. The van der Waals surface area contributed by atoms with E-state index >= 15 is 0 Å². The Morgan fingerprint density at radius 1 is 1.09 bits per heavy atom. The summed E-state index contributed by atoms with van der Waals surface area (Å²) in [5.41, 5.74) is 2.09. The van der Waals surface area contributed by atoms with E-state index in [4.69, 9.17) is 0 Å². The SMILES string of the molecule is Cc1ccc(NS(=O)(=O)c2cccc(C(=O)[O-])c2)c(C)c1.[K+]. The van der Waals surface area contributed by atoms with Gasteiger partial charge in [0, 0.05) is 0 Å². The van der Waals surface area contributed by atoms with Crippen LogP contribution >= 0.6 is 0 Å². The molecule has 0 fully saturated rings. The molecule has 0 spiro atoms. The Bertz CT molecular complexity index is 803. The molecule has 2 rings (SSSR count). The van der Waals surface area contributed by atoms with E-state index in [1.165, 1.54) is 18.2 Å². The van der Waals surface area contributed by atoms with Crippen molar-refractivity contribution in [2.75, 3.05) is 4.72 Å². The molecule has 5 nitrogen and oxygen atoms in total. The number of carbonyl (C=O) groups excluding carboxylic acids is 1. The fourth-order valence-electron chi connectivity index (χ4n) is 1.92. The summed E-state index contributed by atoms with van der Waals surface area (Å²) in [7, 11) is -3.85. The normalized spacial score (nSPS) is 10.6. The third-order valence-electron chi connectivity index (χ3n) is 3.01. The minimum absolute atomic E-state index is 0. The average Bonchev–Trinajstić information content (AvgIpc) is 2.42. The predicted octanol–water partition coefficient (Wildman–Crippen LogP) is -1.53. The summed E-state index contributed by atoms with van der Waals surface area (Å²) in [6, 6.07) is 10.4. The van der Waals surface area contributed by atoms with Crippen LogP contribution in [-0.2, 0) is 10.0 Å². The third kappa shape index (κ3) is 4.64. The van der Waals surface area contributed by atoms with Crippen LogP contribution in [-0.4, -0.2) is 14.4 Å². The summed E-state index contributed by atoms with van der Waals surface area (Å²) in [5, 5.41) is 10.8. The molecular formula is C15H14KNO4S. The monoisotopic (exact) mass is 343 g/mol. The minimum atomic E-state index is -3.85. The number of carbonyl (C=O) groups is 1. The van der Waals surface area contributed by atoms with Gasteiger partial charge >= 0.3 is 51.4 Å². The summed E-state index contributed by atoms with van der Waals surface area (Å²) in [6.45, 7) is 3.71. The topological polar surface area (TPSA) is 86.3 Å². The molecule has 0 bridgehead atoms. The number of hydrogen-bond acceptors (Lipinski definition) is 4. The van der Waals surface area contributed by atoms with Crippen LogP contribution in [0.3, 0.4) is 0 Å². The molecule has 22 heavy (non-hydrogen) atoms. The molecule has 0 aromatic heterocycles. The molecule has 0 amide bonds. The van der Waals surface area contributed by atoms with Crippen LogP contribution in [0.1, 0.15) is 21.5 Å². The van der Waals surface area contributed by atoms with Gasteiger partial charge in [-0.1, -0.05) is 29.8 Å². The van der Waals surface area contributed by atoms with Crippen LogP contribution < -0.4 is 61.2 Å². The molecule has 0 saturated carbocycles. The zero-order valence-electron chi connectivity index (χ0n) is 12.6. The molecule has 2 aromatic rings. The van der Waals surface area contributed by atoms with E-state index in [2.05, 4.69) is 4.72 Å². The molecule has 1 N–H and O–H groups in total. The van der Waals surface area contributed by atoms with Crippen molar-refractivity contribution in [3.05, 3.63) is 59.2 Å². The van der Waals surface area contributed by atoms with Gasteiger partial charge in [0.25, 0.3) is 10.0 Å². The summed E-state index contributed by atoms with van der Waals surface area (Å²) < 4.78 is 27.0. The standard InChI is InChI=1S/C15H15NO4S.K/c1-10-6-7-14(11(2)8-10)16-21(19,20)13-5-3-4-12(9-13)15(17)18;/h3-9,16H,1-2H3,(H,17,18);/q;+1/p-1. The van der Waals surface area contributed by atoms with Gasteiger partial charge in [0.1, 0.15) is 0 Å². The molecule has 2 aromatic carbocycles. The number of benzene rings is 2. The molecule has 0 atom stereocenters. The van der Waals surface area contributed by atoms with E-state index in [9.17, 15) is 18.3 Å². The van der Waals surface area contributed by atoms with Crippen LogP contribution in [0.5, 0.6) is 0 Å². The van der Waals surface area contributed by atoms with Gasteiger partial charge in [-0.05, 0) is 43.2 Å². The molecule has 7 heteroatoms. The van der Waals surface area contributed by atoms with Gasteiger partial charge in [-0.2, -0.15) is 0 Å². The maximum atomic E-state index is 12.3. The van der Waals surface area contributed by atoms with E-state index in [1.807, 2.05) is 13.0 Å². The Kier molecular flexibility index (Phi) is 6.78. The van der Waals surface area contributed by atoms with Gasteiger partial charge in [0.2, 0.25) is 0 Å². The number of carboxylic acids is 1. The number of hydrogen-bond donors (Lipinski definition) is 1. The van der Waals surface area contributed by atoms with Gasteiger partial charge in [-0.25, -0.2) is 8.42 Å². The van der Waals surface area contributed by atoms with E-state index < -0.39 is 16.0 Å². The number of aromatic carboxylic acids is 1. The Labute approximate surface area is 172 Å².